The number of fused-ring (bicyclic) bond motifs is 2. The quantitative estimate of drug-likeness (QED) is 0.271. The average molecular weight is 616 g/mol. The van der Waals surface area contributed by atoms with Crippen molar-refractivity contribution in [1.82, 2.24) is 14.6 Å². The van der Waals surface area contributed by atoms with Crippen molar-refractivity contribution in [2.24, 2.45) is 0 Å². The fourth-order valence-electron chi connectivity index (χ4n) is 6.02. The maximum atomic E-state index is 13.8. The highest BCUT2D eigenvalue weighted by Crippen LogP contribution is 2.47. The van der Waals surface area contributed by atoms with Crippen molar-refractivity contribution in [2.75, 3.05) is 27.9 Å². The normalized spacial score (nSPS) is 22.8. The molecule has 0 radical (unpaired) electrons. The molecule has 45 heavy (non-hydrogen) atoms. The second-order valence-corrected chi connectivity index (χ2v) is 11.0. The number of benzene rings is 3. The topological polar surface area (TPSA) is 142 Å². The third-order valence-electron chi connectivity index (χ3n) is 8.43. The summed E-state index contributed by atoms with van der Waals surface area (Å²) in [6.07, 6.45) is -2.66. The van der Waals surface area contributed by atoms with E-state index in [-0.39, 0.29) is 5.56 Å². The first-order valence-corrected chi connectivity index (χ1v) is 14.3. The molecule has 2 N–H and O–H groups in total. The second-order valence-electron chi connectivity index (χ2n) is 11.0. The molecule has 2 saturated heterocycles. The average Bonchev–Trinajstić information content (AvgIpc) is 3.28. The van der Waals surface area contributed by atoms with Crippen LogP contribution in [-0.4, -0.2) is 71.3 Å². The van der Waals surface area contributed by atoms with Gasteiger partial charge in [-0.3, -0.25) is 24.0 Å². The Balaban J connectivity index is 1.50. The molecule has 0 unspecified atom stereocenters. The Kier molecular flexibility index (Phi) is 7.83. The molecule has 2 bridgehead atoms. The van der Waals surface area contributed by atoms with Crippen LogP contribution in [0.25, 0.3) is 0 Å². The van der Waals surface area contributed by atoms with Crippen LogP contribution in [0.3, 0.4) is 0 Å². The number of hydrogen-bond donors (Lipinski definition) is 2. The van der Waals surface area contributed by atoms with Gasteiger partial charge in [0.1, 0.15) is 23.2 Å². The standard InChI is InChI=1S/C33H33N3O9/c1-20-18-36(31(40)34-28(20)38)29-26-27(37)32(44-29,30(39)35(2)45-26)19-43-33(21-8-6-5-7-9-21,22-10-14-24(41-3)15-11-22)23-12-16-25(42-4)17-13-23/h5-18,26-27,29,37H,19H2,1-4H3,(H,34,38,40)/t26-,27+,29-,32-/m1/s1. The number of hydrogen-bond acceptors (Lipinski definition) is 9. The van der Waals surface area contributed by atoms with E-state index >= 15 is 0 Å². The van der Waals surface area contributed by atoms with Crippen LogP contribution in [0.4, 0.5) is 0 Å². The number of ether oxygens (including phenoxy) is 4. The zero-order valence-corrected chi connectivity index (χ0v) is 25.1. The first-order chi connectivity index (χ1) is 21.6. The van der Waals surface area contributed by atoms with Crippen LogP contribution in [0, 0.1) is 6.92 Å². The van der Waals surface area contributed by atoms with Crippen LogP contribution in [-0.2, 0) is 24.7 Å². The summed E-state index contributed by atoms with van der Waals surface area (Å²) in [5.41, 5.74) is -2.26. The zero-order valence-electron chi connectivity index (χ0n) is 25.1. The highest BCUT2D eigenvalue weighted by molar-refractivity contribution is 5.86. The van der Waals surface area contributed by atoms with E-state index in [1.54, 1.807) is 14.2 Å². The molecule has 2 aliphatic rings. The van der Waals surface area contributed by atoms with Crippen molar-refractivity contribution in [1.29, 1.82) is 0 Å². The number of amides is 1. The van der Waals surface area contributed by atoms with E-state index in [0.29, 0.717) is 22.6 Å². The fourth-order valence-corrected chi connectivity index (χ4v) is 6.02. The molecule has 2 aliphatic heterocycles. The lowest BCUT2D eigenvalue weighted by Crippen LogP contribution is -2.63. The summed E-state index contributed by atoms with van der Waals surface area (Å²) in [5, 5.41) is 12.6. The van der Waals surface area contributed by atoms with E-state index in [0.717, 1.165) is 15.2 Å². The molecule has 1 aromatic heterocycles. The molecule has 3 heterocycles. The van der Waals surface area contributed by atoms with Crippen LogP contribution in [0.15, 0.2) is 94.6 Å². The summed E-state index contributed by atoms with van der Waals surface area (Å²) in [6, 6.07) is 24.2. The molecule has 4 aromatic rings. The highest BCUT2D eigenvalue weighted by Gasteiger charge is 2.66. The van der Waals surface area contributed by atoms with Gasteiger partial charge in [0.25, 0.3) is 11.5 Å². The Morgan fingerprint density at radius 1 is 0.889 bits per heavy atom. The first-order valence-electron chi connectivity index (χ1n) is 14.3. The lowest BCUT2D eigenvalue weighted by Gasteiger charge is -2.42. The number of aliphatic hydroxyl groups is 1. The number of nitrogens with one attached hydrogen (secondary N) is 1. The molecule has 12 heteroatoms. The van der Waals surface area contributed by atoms with Crippen molar-refractivity contribution in [3.8, 4) is 11.5 Å². The van der Waals surface area contributed by atoms with Crippen LogP contribution in [0.2, 0.25) is 0 Å². The number of aryl methyl sites for hydroxylation is 1. The number of H-pyrrole nitrogens is 1. The van der Waals surface area contributed by atoms with Crippen molar-refractivity contribution in [3.05, 3.63) is 128 Å². The summed E-state index contributed by atoms with van der Waals surface area (Å²) in [5.74, 6) is 0.573. The Hall–Kier alpha value is -4.75. The number of aromatic nitrogens is 2. The van der Waals surface area contributed by atoms with Gasteiger partial charge in [-0.2, -0.15) is 0 Å². The van der Waals surface area contributed by atoms with Gasteiger partial charge >= 0.3 is 5.69 Å². The van der Waals surface area contributed by atoms with Crippen molar-refractivity contribution in [2.45, 2.75) is 36.6 Å². The lowest BCUT2D eigenvalue weighted by molar-refractivity contribution is -0.249. The number of rotatable bonds is 9. The van der Waals surface area contributed by atoms with Gasteiger partial charge in [0.15, 0.2) is 12.3 Å². The Morgan fingerprint density at radius 2 is 1.44 bits per heavy atom. The number of hydroxylamine groups is 2. The molecule has 6 rings (SSSR count). The van der Waals surface area contributed by atoms with Crippen LogP contribution >= 0.6 is 0 Å². The molecule has 4 atom stereocenters. The number of aromatic amines is 1. The summed E-state index contributed by atoms with van der Waals surface area (Å²) >= 11 is 0. The molecule has 0 saturated carbocycles. The third kappa shape index (κ3) is 4.92. The minimum atomic E-state index is -1.98. The first kappa shape index (κ1) is 30.3. The minimum absolute atomic E-state index is 0.237. The van der Waals surface area contributed by atoms with Gasteiger partial charge in [0.05, 0.1) is 20.8 Å². The summed E-state index contributed by atoms with van der Waals surface area (Å²) in [6.45, 7) is 1.08. The largest absolute Gasteiger partial charge is 0.497 e. The van der Waals surface area contributed by atoms with E-state index in [1.165, 1.54) is 20.2 Å². The summed E-state index contributed by atoms with van der Waals surface area (Å²) in [4.78, 5) is 46.8. The van der Waals surface area contributed by atoms with Gasteiger partial charge in [-0.05, 0) is 47.9 Å². The van der Waals surface area contributed by atoms with Gasteiger partial charge in [-0.1, -0.05) is 54.6 Å². The molecule has 3 aromatic carbocycles. The van der Waals surface area contributed by atoms with Crippen molar-refractivity contribution in [3.63, 3.8) is 0 Å². The van der Waals surface area contributed by atoms with Gasteiger partial charge in [0.2, 0.25) is 5.60 Å². The molecule has 234 valence electrons. The summed E-state index contributed by atoms with van der Waals surface area (Å²) < 4.78 is 25.2. The van der Waals surface area contributed by atoms with E-state index in [4.69, 9.17) is 23.8 Å². The zero-order chi connectivity index (χ0) is 31.9. The fraction of sp³-hybridized carbons (Fsp3) is 0.303. The van der Waals surface area contributed by atoms with Crippen molar-refractivity contribution < 1.29 is 33.7 Å². The minimum Gasteiger partial charge on any atom is -0.497 e. The van der Waals surface area contributed by atoms with Crippen molar-refractivity contribution >= 4 is 5.91 Å². The Morgan fingerprint density at radius 3 is 2.00 bits per heavy atom. The molecule has 0 aliphatic carbocycles. The molecule has 0 spiro atoms. The second kappa shape index (κ2) is 11.6. The summed E-state index contributed by atoms with van der Waals surface area (Å²) in [7, 11) is 4.55. The number of nitrogens with zero attached hydrogens (tertiary/aromatic N) is 2. The predicted octanol–water partition coefficient (Wildman–Crippen LogP) is 2.27. The van der Waals surface area contributed by atoms with Gasteiger partial charge in [-0.15, -0.1) is 0 Å². The third-order valence-corrected chi connectivity index (χ3v) is 8.43. The molecular weight excluding hydrogens is 582 g/mol. The van der Waals surface area contributed by atoms with E-state index < -0.39 is 53.4 Å². The van der Waals surface area contributed by atoms with E-state index in [2.05, 4.69) is 4.98 Å². The molecule has 2 fully saturated rings. The smallest absolute Gasteiger partial charge is 0.330 e. The number of carbonyl (C=O) groups excluding carboxylic acids is 1. The van der Waals surface area contributed by atoms with Crippen LogP contribution < -0.4 is 20.7 Å². The lowest BCUT2D eigenvalue weighted by atomic mass is 9.79. The highest BCUT2D eigenvalue weighted by atomic mass is 16.7. The SMILES string of the molecule is COc1ccc(C(OC[C@]23O[C@@H](n4cc(C)c(=O)[nH]c4=O)[C@H](ON(C)C2=O)[C@@H]3O)(c2ccccc2)c2ccc(OC)cc2)cc1. The van der Waals surface area contributed by atoms with Gasteiger partial charge in [0, 0.05) is 18.8 Å². The maximum Gasteiger partial charge on any atom is 0.330 e. The number of likely N-dealkylation sites (N-methyl/N-ethyl adjacent to an activating group) is 1. The predicted molar refractivity (Wildman–Crippen MR) is 161 cm³/mol. The van der Waals surface area contributed by atoms with Crippen LogP contribution in [0.1, 0.15) is 28.5 Å². The van der Waals surface area contributed by atoms with E-state index in [9.17, 15) is 19.5 Å². The maximum absolute atomic E-state index is 13.8. The molecule has 1 amide bonds. The van der Waals surface area contributed by atoms with Gasteiger partial charge in [-0.25, -0.2) is 9.86 Å². The van der Waals surface area contributed by atoms with Crippen LogP contribution in [0.5, 0.6) is 11.5 Å². The van der Waals surface area contributed by atoms with Gasteiger partial charge < -0.3 is 24.1 Å². The van der Waals surface area contributed by atoms with E-state index in [1.807, 2.05) is 78.9 Å². The molecular formula is C33H33N3O9. The molecule has 12 nitrogen and oxygen atoms in total. The Bertz CT molecular complexity index is 1760. The monoisotopic (exact) mass is 615 g/mol. The Labute approximate surface area is 258 Å². The number of methoxy groups -OCH3 is 2. The number of aliphatic hydroxyl groups excluding tert-OH is 1. The number of carbonyl (C=O) groups is 1.